The van der Waals surface area contributed by atoms with E-state index in [9.17, 15) is 14.6 Å². The van der Waals surface area contributed by atoms with E-state index in [0.717, 1.165) is 10.8 Å². The number of halogens is 1. The number of phenolic OH excluding ortho intramolecular Hbond substituents is 2. The monoisotopic (exact) mass is 254 g/mol. The van der Waals surface area contributed by atoms with Gasteiger partial charge in [-0.3, -0.25) is 0 Å². The van der Waals surface area contributed by atoms with Crippen molar-refractivity contribution in [1.82, 2.24) is 0 Å². The average molecular weight is 254 g/mol. The summed E-state index contributed by atoms with van der Waals surface area (Å²) in [7, 11) is 0. The SMILES string of the molecule is Oc1cccc(O)c1-c1cc2ccccc2cc1F. The van der Waals surface area contributed by atoms with E-state index >= 15 is 0 Å². The molecule has 0 radical (unpaired) electrons. The molecule has 0 aromatic heterocycles. The molecular formula is C16H11FO2. The number of benzene rings is 3. The van der Waals surface area contributed by atoms with E-state index in [1.165, 1.54) is 24.3 Å². The van der Waals surface area contributed by atoms with Gasteiger partial charge >= 0.3 is 0 Å². The number of phenols is 2. The third-order valence-corrected chi connectivity index (χ3v) is 3.13. The first kappa shape index (κ1) is 11.5. The van der Waals surface area contributed by atoms with Gasteiger partial charge in [-0.15, -0.1) is 0 Å². The maximum Gasteiger partial charge on any atom is 0.131 e. The molecule has 94 valence electrons. The zero-order valence-electron chi connectivity index (χ0n) is 9.97. The molecule has 3 heteroatoms. The Balaban J connectivity index is 2.33. The Morgan fingerprint density at radius 2 is 1.32 bits per heavy atom. The molecule has 0 fully saturated rings. The number of hydrogen-bond donors (Lipinski definition) is 2. The lowest BCUT2D eigenvalue weighted by Gasteiger charge is -2.09. The van der Waals surface area contributed by atoms with Crippen LogP contribution in [0.25, 0.3) is 21.9 Å². The predicted molar refractivity (Wildman–Crippen MR) is 72.7 cm³/mol. The molecule has 0 spiro atoms. The maximum absolute atomic E-state index is 14.1. The summed E-state index contributed by atoms with van der Waals surface area (Å²) in [6, 6.07) is 14.7. The van der Waals surface area contributed by atoms with Crippen LogP contribution in [-0.4, -0.2) is 10.2 Å². The van der Waals surface area contributed by atoms with Gasteiger partial charge < -0.3 is 10.2 Å². The lowest BCUT2D eigenvalue weighted by Crippen LogP contribution is -1.87. The molecule has 0 atom stereocenters. The maximum atomic E-state index is 14.1. The highest BCUT2D eigenvalue weighted by atomic mass is 19.1. The first-order valence-corrected chi connectivity index (χ1v) is 5.86. The van der Waals surface area contributed by atoms with Crippen molar-refractivity contribution in [3.8, 4) is 22.6 Å². The molecule has 2 nitrogen and oxygen atoms in total. The van der Waals surface area contributed by atoms with Crippen molar-refractivity contribution in [1.29, 1.82) is 0 Å². The second-order valence-corrected chi connectivity index (χ2v) is 4.35. The Bertz CT molecular complexity index is 746. The molecular weight excluding hydrogens is 243 g/mol. The van der Waals surface area contributed by atoms with Crippen LogP contribution in [0.2, 0.25) is 0 Å². The third kappa shape index (κ3) is 1.89. The zero-order chi connectivity index (χ0) is 13.4. The van der Waals surface area contributed by atoms with Gasteiger partial charge in [-0.05, 0) is 35.0 Å². The fraction of sp³-hybridized carbons (Fsp3) is 0. The Labute approximate surface area is 109 Å². The Kier molecular flexibility index (Phi) is 2.60. The first-order valence-electron chi connectivity index (χ1n) is 5.86. The van der Waals surface area contributed by atoms with Crippen molar-refractivity contribution >= 4 is 10.8 Å². The number of hydrogen-bond acceptors (Lipinski definition) is 2. The lowest BCUT2D eigenvalue weighted by molar-refractivity contribution is 0.453. The Morgan fingerprint density at radius 3 is 1.95 bits per heavy atom. The van der Waals surface area contributed by atoms with Gasteiger partial charge in [0.1, 0.15) is 17.3 Å². The van der Waals surface area contributed by atoms with Gasteiger partial charge in [-0.2, -0.15) is 0 Å². The summed E-state index contributed by atoms with van der Waals surface area (Å²) in [6.07, 6.45) is 0. The second-order valence-electron chi connectivity index (χ2n) is 4.35. The molecule has 0 unspecified atom stereocenters. The van der Waals surface area contributed by atoms with E-state index in [-0.39, 0.29) is 22.6 Å². The van der Waals surface area contributed by atoms with E-state index in [1.54, 1.807) is 6.07 Å². The van der Waals surface area contributed by atoms with Gasteiger partial charge in [0.2, 0.25) is 0 Å². The Hall–Kier alpha value is -2.55. The molecule has 2 N–H and O–H groups in total. The van der Waals surface area contributed by atoms with Crippen LogP contribution in [-0.2, 0) is 0 Å². The van der Waals surface area contributed by atoms with Gasteiger partial charge in [0.05, 0.1) is 5.56 Å². The lowest BCUT2D eigenvalue weighted by atomic mass is 9.99. The van der Waals surface area contributed by atoms with Crippen LogP contribution in [0, 0.1) is 5.82 Å². The molecule has 0 aliphatic rings. The molecule has 0 bridgehead atoms. The molecule has 0 saturated heterocycles. The highest BCUT2D eigenvalue weighted by molar-refractivity contribution is 5.89. The van der Waals surface area contributed by atoms with Crippen molar-refractivity contribution < 1.29 is 14.6 Å². The summed E-state index contributed by atoms with van der Waals surface area (Å²) in [5.41, 5.74) is 0.306. The molecule has 0 aliphatic heterocycles. The first-order chi connectivity index (χ1) is 9.16. The van der Waals surface area contributed by atoms with E-state index in [1.807, 2.05) is 24.3 Å². The van der Waals surface area contributed by atoms with Crippen LogP contribution in [0.1, 0.15) is 0 Å². The molecule has 0 aliphatic carbocycles. The van der Waals surface area contributed by atoms with E-state index in [0.29, 0.717) is 0 Å². The summed E-state index contributed by atoms with van der Waals surface area (Å²) >= 11 is 0. The molecule has 0 amide bonds. The van der Waals surface area contributed by atoms with Crippen molar-refractivity contribution in [3.63, 3.8) is 0 Å². The van der Waals surface area contributed by atoms with Crippen LogP contribution in [0.3, 0.4) is 0 Å². The van der Waals surface area contributed by atoms with Crippen molar-refractivity contribution in [2.75, 3.05) is 0 Å². The van der Waals surface area contributed by atoms with Crippen molar-refractivity contribution in [2.24, 2.45) is 0 Å². The molecule has 3 aromatic carbocycles. The number of fused-ring (bicyclic) bond motifs is 1. The summed E-state index contributed by atoms with van der Waals surface area (Å²) in [6.45, 7) is 0. The van der Waals surface area contributed by atoms with Crippen LogP contribution in [0.5, 0.6) is 11.5 Å². The quantitative estimate of drug-likeness (QED) is 0.687. The molecule has 19 heavy (non-hydrogen) atoms. The van der Waals surface area contributed by atoms with Gasteiger partial charge in [0, 0.05) is 5.56 Å². The van der Waals surface area contributed by atoms with E-state index in [2.05, 4.69) is 0 Å². The van der Waals surface area contributed by atoms with Crippen molar-refractivity contribution in [3.05, 3.63) is 60.4 Å². The van der Waals surface area contributed by atoms with E-state index < -0.39 is 5.82 Å². The smallest absolute Gasteiger partial charge is 0.131 e. The third-order valence-electron chi connectivity index (χ3n) is 3.13. The molecule has 0 heterocycles. The van der Waals surface area contributed by atoms with Crippen LogP contribution >= 0.6 is 0 Å². The van der Waals surface area contributed by atoms with Crippen LogP contribution < -0.4 is 0 Å². The van der Waals surface area contributed by atoms with Crippen LogP contribution in [0.15, 0.2) is 54.6 Å². The average Bonchev–Trinajstić information content (AvgIpc) is 2.39. The number of rotatable bonds is 1. The van der Waals surface area contributed by atoms with Crippen LogP contribution in [0.4, 0.5) is 4.39 Å². The summed E-state index contributed by atoms with van der Waals surface area (Å²) in [4.78, 5) is 0. The summed E-state index contributed by atoms with van der Waals surface area (Å²) in [5.74, 6) is -0.765. The topological polar surface area (TPSA) is 40.5 Å². The van der Waals surface area contributed by atoms with Gasteiger partial charge in [0.25, 0.3) is 0 Å². The predicted octanol–water partition coefficient (Wildman–Crippen LogP) is 4.06. The van der Waals surface area contributed by atoms with E-state index in [4.69, 9.17) is 0 Å². The summed E-state index contributed by atoms with van der Waals surface area (Å²) < 4.78 is 14.1. The fourth-order valence-electron chi connectivity index (χ4n) is 2.21. The summed E-state index contributed by atoms with van der Waals surface area (Å²) in [5, 5.41) is 21.3. The minimum Gasteiger partial charge on any atom is -0.507 e. The zero-order valence-corrected chi connectivity index (χ0v) is 9.97. The number of aromatic hydroxyl groups is 2. The van der Waals surface area contributed by atoms with Gasteiger partial charge in [-0.1, -0.05) is 30.3 Å². The molecule has 3 rings (SSSR count). The normalized spacial score (nSPS) is 10.8. The Morgan fingerprint density at radius 1 is 0.737 bits per heavy atom. The van der Waals surface area contributed by atoms with Gasteiger partial charge in [-0.25, -0.2) is 4.39 Å². The fourth-order valence-corrected chi connectivity index (χ4v) is 2.21. The largest absolute Gasteiger partial charge is 0.507 e. The van der Waals surface area contributed by atoms with Gasteiger partial charge in [0.15, 0.2) is 0 Å². The second kappa shape index (κ2) is 4.28. The standard InChI is InChI=1S/C16H11FO2/c17-13-9-11-5-2-1-4-10(11)8-12(13)16-14(18)6-3-7-15(16)19/h1-9,18-19H. The van der Waals surface area contributed by atoms with Crippen molar-refractivity contribution in [2.45, 2.75) is 0 Å². The highest BCUT2D eigenvalue weighted by Crippen LogP contribution is 2.39. The molecule has 3 aromatic rings. The highest BCUT2D eigenvalue weighted by Gasteiger charge is 2.14. The minimum atomic E-state index is -0.476. The molecule has 0 saturated carbocycles. The minimum absolute atomic E-state index is 0.116.